The second-order valence-electron chi connectivity index (χ2n) is 7.55. The van der Waals surface area contributed by atoms with Crippen LogP contribution in [0.3, 0.4) is 0 Å². The summed E-state index contributed by atoms with van der Waals surface area (Å²) in [5.41, 5.74) is 5.94. The number of rotatable bonds is 5. The molecule has 0 radical (unpaired) electrons. The number of hydrazine groups is 1. The summed E-state index contributed by atoms with van der Waals surface area (Å²) >= 11 is 0. The number of amides is 2. The van der Waals surface area contributed by atoms with Crippen LogP contribution in [0.5, 0.6) is 5.75 Å². The van der Waals surface area contributed by atoms with Crippen LogP contribution < -0.4 is 15.5 Å². The van der Waals surface area contributed by atoms with Gasteiger partial charge in [-0.1, -0.05) is 18.2 Å². The van der Waals surface area contributed by atoms with Gasteiger partial charge in [0.15, 0.2) is 6.04 Å². The molecule has 1 aliphatic rings. The highest BCUT2D eigenvalue weighted by molar-refractivity contribution is 5.98. The zero-order valence-corrected chi connectivity index (χ0v) is 17.7. The van der Waals surface area contributed by atoms with Crippen molar-refractivity contribution in [3.8, 4) is 5.75 Å². The fraction of sp³-hybridized carbons (Fsp3) is 0.160. The van der Waals surface area contributed by atoms with Crippen molar-refractivity contribution in [2.24, 2.45) is 0 Å². The van der Waals surface area contributed by atoms with Crippen LogP contribution in [0.4, 0.5) is 4.39 Å². The quantitative estimate of drug-likeness (QED) is 0.609. The zero-order valence-electron chi connectivity index (χ0n) is 17.7. The minimum Gasteiger partial charge on any atom is -0.497 e. The maximum atomic E-state index is 13.2. The molecule has 0 unspecified atom stereocenters. The molecule has 0 spiro atoms. The molecule has 2 atom stereocenters. The second-order valence-corrected chi connectivity index (χ2v) is 7.55. The summed E-state index contributed by atoms with van der Waals surface area (Å²) < 4.78 is 20.2. The van der Waals surface area contributed by atoms with E-state index >= 15 is 0 Å². The molecule has 3 aromatic rings. The molecule has 0 aromatic heterocycles. The molecule has 162 valence electrons. The van der Waals surface area contributed by atoms with Gasteiger partial charge in [-0.15, -0.1) is 10.1 Å². The van der Waals surface area contributed by atoms with Crippen LogP contribution in [-0.4, -0.2) is 35.9 Å². The first-order valence-corrected chi connectivity index (χ1v) is 10.2. The van der Waals surface area contributed by atoms with Crippen LogP contribution in [0, 0.1) is 12.7 Å². The van der Waals surface area contributed by atoms with Crippen molar-refractivity contribution in [3.63, 3.8) is 0 Å². The summed E-state index contributed by atoms with van der Waals surface area (Å²) in [5.74, 6) is -0.546. The van der Waals surface area contributed by atoms with Gasteiger partial charge in [0.25, 0.3) is 5.91 Å². The van der Waals surface area contributed by atoms with Gasteiger partial charge in [0.05, 0.1) is 7.11 Å². The molecule has 0 bridgehead atoms. The third-order valence-electron chi connectivity index (χ3n) is 5.45. The van der Waals surface area contributed by atoms with Gasteiger partial charge in [0.1, 0.15) is 11.6 Å². The highest BCUT2D eigenvalue weighted by atomic mass is 19.1. The molecule has 2 N–H and O–H groups in total. The van der Waals surface area contributed by atoms with Crippen molar-refractivity contribution in [2.45, 2.75) is 19.0 Å². The number of benzene rings is 3. The third-order valence-corrected chi connectivity index (χ3v) is 5.45. The van der Waals surface area contributed by atoms with Gasteiger partial charge in [-0.25, -0.2) is 4.39 Å². The topological polar surface area (TPSA) is 70.4 Å². The molecule has 0 aliphatic carbocycles. The molecule has 1 saturated heterocycles. The Balaban J connectivity index is 1.71. The van der Waals surface area contributed by atoms with Gasteiger partial charge >= 0.3 is 5.91 Å². The molecule has 7 heteroatoms. The van der Waals surface area contributed by atoms with Crippen molar-refractivity contribution in [3.05, 3.63) is 101 Å². The maximum absolute atomic E-state index is 13.2. The van der Waals surface area contributed by atoms with Crippen molar-refractivity contribution in [2.75, 3.05) is 7.11 Å². The summed E-state index contributed by atoms with van der Waals surface area (Å²) in [6.07, 6.45) is 1.85. The number of hydrazone groups is 1. The number of carbonyl (C=O) groups is 2. The maximum Gasteiger partial charge on any atom is 0.304 e. The van der Waals surface area contributed by atoms with Crippen molar-refractivity contribution >= 4 is 18.0 Å². The molecule has 1 aliphatic heterocycles. The first-order valence-electron chi connectivity index (χ1n) is 10.2. The first kappa shape index (κ1) is 21.2. The lowest BCUT2D eigenvalue weighted by molar-refractivity contribution is -0.596. The van der Waals surface area contributed by atoms with Gasteiger partial charge in [0, 0.05) is 16.7 Å². The number of methoxy groups -OCH3 is 1. The van der Waals surface area contributed by atoms with Gasteiger partial charge in [-0.05, 0) is 67.1 Å². The fourth-order valence-corrected chi connectivity index (χ4v) is 3.69. The van der Waals surface area contributed by atoms with Crippen LogP contribution in [0.1, 0.15) is 33.1 Å². The van der Waals surface area contributed by atoms with E-state index in [-0.39, 0.29) is 11.5 Å². The Labute approximate surface area is 185 Å². The number of hydrogen-bond donors (Lipinski definition) is 2. The SMILES string of the molecule is COc1ccc([C@@H]2[C@H](NC(=O)c3ccc(F)cc3)C(=O)N/[N+]2=C\c2ccccc2C)cc1. The van der Waals surface area contributed by atoms with E-state index in [1.54, 1.807) is 11.8 Å². The summed E-state index contributed by atoms with van der Waals surface area (Å²) in [5, 5.41) is 2.81. The number of nitrogens with one attached hydrogen (secondary N) is 2. The second kappa shape index (κ2) is 9.01. The highest BCUT2D eigenvalue weighted by Crippen LogP contribution is 2.27. The van der Waals surface area contributed by atoms with E-state index in [9.17, 15) is 14.0 Å². The monoisotopic (exact) mass is 432 g/mol. The standard InChI is InChI=1S/C25H22FN3O3/c1-16-5-3-4-6-19(16)15-29-23(17-9-13-21(32-2)14-10-17)22(25(31)28-29)27-24(30)18-7-11-20(26)12-8-18/h3-15,22-23H,1-2H3,(H-,27,28,30,31)/p+1/b29-15-/t22-,23+/m0/s1. The zero-order chi connectivity index (χ0) is 22.7. The smallest absolute Gasteiger partial charge is 0.304 e. The Morgan fingerprint density at radius 1 is 1.06 bits per heavy atom. The normalized spacial score (nSPS) is 19.0. The third kappa shape index (κ3) is 4.37. The summed E-state index contributed by atoms with van der Waals surface area (Å²) in [6, 6.07) is 19.0. The Hall–Kier alpha value is -4.00. The van der Waals surface area contributed by atoms with Gasteiger partial charge in [-0.2, -0.15) is 0 Å². The number of ether oxygens (including phenoxy) is 1. The average Bonchev–Trinajstić information content (AvgIpc) is 3.10. The number of hydrogen-bond acceptors (Lipinski definition) is 3. The minimum absolute atomic E-state index is 0.272. The molecule has 2 amide bonds. The Morgan fingerprint density at radius 2 is 1.75 bits per heavy atom. The van der Waals surface area contributed by atoms with Crippen molar-refractivity contribution in [1.29, 1.82) is 0 Å². The van der Waals surface area contributed by atoms with E-state index in [1.807, 2.05) is 61.7 Å². The van der Waals surface area contributed by atoms with E-state index in [1.165, 1.54) is 24.3 Å². The van der Waals surface area contributed by atoms with Crippen LogP contribution in [0.2, 0.25) is 0 Å². The van der Waals surface area contributed by atoms with Gasteiger partial charge in [-0.3, -0.25) is 9.59 Å². The summed E-state index contributed by atoms with van der Waals surface area (Å²) in [7, 11) is 1.58. The number of nitrogens with zero attached hydrogens (tertiary/aromatic N) is 1. The Morgan fingerprint density at radius 3 is 2.41 bits per heavy atom. The van der Waals surface area contributed by atoms with E-state index in [0.29, 0.717) is 5.75 Å². The molecule has 32 heavy (non-hydrogen) atoms. The molecular weight excluding hydrogens is 409 g/mol. The van der Waals surface area contributed by atoms with Crippen LogP contribution in [0.15, 0.2) is 72.8 Å². The molecule has 1 fully saturated rings. The van der Waals surface area contributed by atoms with Gasteiger partial charge in [0.2, 0.25) is 12.3 Å². The van der Waals surface area contributed by atoms with E-state index in [4.69, 9.17) is 4.74 Å². The lowest BCUT2D eigenvalue weighted by atomic mass is 9.99. The van der Waals surface area contributed by atoms with E-state index in [2.05, 4.69) is 10.7 Å². The van der Waals surface area contributed by atoms with E-state index < -0.39 is 23.8 Å². The fourth-order valence-electron chi connectivity index (χ4n) is 3.69. The van der Waals surface area contributed by atoms with Gasteiger partial charge < -0.3 is 10.1 Å². The lowest BCUT2D eigenvalue weighted by Crippen LogP contribution is -2.42. The van der Waals surface area contributed by atoms with Crippen LogP contribution in [-0.2, 0) is 4.79 Å². The van der Waals surface area contributed by atoms with Crippen molar-refractivity contribution in [1.82, 2.24) is 10.7 Å². The van der Waals surface area contributed by atoms with Crippen molar-refractivity contribution < 1.29 is 23.4 Å². The first-order chi connectivity index (χ1) is 15.5. The predicted octanol–water partition coefficient (Wildman–Crippen LogP) is 3.16. The van der Waals surface area contributed by atoms with Crippen LogP contribution in [0.25, 0.3) is 0 Å². The summed E-state index contributed by atoms with van der Waals surface area (Å²) in [6.45, 7) is 1.99. The van der Waals surface area contributed by atoms with E-state index in [0.717, 1.165) is 16.7 Å². The number of aryl methyl sites for hydroxylation is 1. The predicted molar refractivity (Wildman–Crippen MR) is 118 cm³/mol. The molecule has 1 heterocycles. The molecular formula is C25H23FN3O3+. The lowest BCUT2D eigenvalue weighted by Gasteiger charge is -2.15. The Kier molecular flexibility index (Phi) is 5.98. The number of carbonyl (C=O) groups excluding carboxylic acids is 2. The molecule has 0 saturated carbocycles. The Bertz CT molecular complexity index is 1170. The van der Waals surface area contributed by atoms with Crippen LogP contribution >= 0.6 is 0 Å². The average molecular weight is 432 g/mol. The summed E-state index contributed by atoms with van der Waals surface area (Å²) in [4.78, 5) is 25.7. The molecule has 6 nitrogen and oxygen atoms in total. The highest BCUT2D eigenvalue weighted by Gasteiger charge is 2.47. The largest absolute Gasteiger partial charge is 0.497 e. The molecule has 4 rings (SSSR count). The number of halogens is 1. The molecule has 3 aromatic carbocycles. The minimum atomic E-state index is -0.860.